The Morgan fingerprint density at radius 2 is 2.06 bits per heavy atom. The molecule has 18 heavy (non-hydrogen) atoms. The fourth-order valence-electron chi connectivity index (χ4n) is 2.10. The molecule has 100 valence electrons. The van der Waals surface area contributed by atoms with Crippen molar-refractivity contribution < 1.29 is 13.2 Å². The number of hydrogen-bond donors (Lipinski definition) is 1. The highest BCUT2D eigenvalue weighted by molar-refractivity contribution is 6.31. The van der Waals surface area contributed by atoms with Crippen LogP contribution in [0.3, 0.4) is 0 Å². The van der Waals surface area contributed by atoms with E-state index in [0.29, 0.717) is 18.1 Å². The Hall–Kier alpha value is -0.780. The van der Waals surface area contributed by atoms with E-state index in [1.54, 1.807) is 24.3 Å². The molecule has 0 spiro atoms. The van der Waals surface area contributed by atoms with Gasteiger partial charge in [0.25, 0.3) is 0 Å². The van der Waals surface area contributed by atoms with Gasteiger partial charge in [0, 0.05) is 31.2 Å². The van der Waals surface area contributed by atoms with Crippen LogP contribution in [0.4, 0.5) is 13.2 Å². The van der Waals surface area contributed by atoms with Gasteiger partial charge in [-0.1, -0.05) is 29.8 Å². The summed E-state index contributed by atoms with van der Waals surface area (Å²) in [7, 11) is 0. The first-order valence-corrected chi connectivity index (χ1v) is 6.11. The van der Waals surface area contributed by atoms with Crippen molar-refractivity contribution in [2.45, 2.75) is 18.8 Å². The van der Waals surface area contributed by atoms with E-state index in [9.17, 15) is 13.2 Å². The van der Waals surface area contributed by atoms with Gasteiger partial charge in [-0.05, 0) is 11.6 Å². The molecule has 1 unspecified atom stereocenters. The Balaban J connectivity index is 2.13. The van der Waals surface area contributed by atoms with E-state index in [2.05, 4.69) is 5.32 Å². The zero-order valence-electron chi connectivity index (χ0n) is 9.67. The smallest absolute Gasteiger partial charge is 0.314 e. The molecule has 1 fully saturated rings. The number of alkyl halides is 3. The molecule has 1 aromatic carbocycles. The van der Waals surface area contributed by atoms with Crippen LogP contribution >= 0.6 is 11.6 Å². The number of halogens is 4. The summed E-state index contributed by atoms with van der Waals surface area (Å²) in [5.41, 5.74) is 0.732. The lowest BCUT2D eigenvalue weighted by molar-refractivity contribution is -0.188. The van der Waals surface area contributed by atoms with E-state index in [1.165, 1.54) is 4.90 Å². The monoisotopic (exact) mass is 278 g/mol. The second-order valence-electron chi connectivity index (χ2n) is 4.32. The second-order valence-corrected chi connectivity index (χ2v) is 4.73. The molecule has 1 saturated heterocycles. The molecule has 6 heteroatoms. The van der Waals surface area contributed by atoms with E-state index in [-0.39, 0.29) is 13.1 Å². The minimum absolute atomic E-state index is 0.0616. The molecule has 0 bridgehead atoms. The first-order chi connectivity index (χ1) is 8.48. The summed E-state index contributed by atoms with van der Waals surface area (Å²) in [6.45, 7) is 1.10. The molecule has 1 aromatic rings. The Kier molecular flexibility index (Phi) is 4.14. The zero-order valence-corrected chi connectivity index (χ0v) is 10.4. The lowest BCUT2D eigenvalue weighted by Crippen LogP contribution is -2.57. The first-order valence-electron chi connectivity index (χ1n) is 5.73. The molecule has 0 amide bonds. The van der Waals surface area contributed by atoms with Gasteiger partial charge >= 0.3 is 6.18 Å². The molecule has 0 saturated carbocycles. The van der Waals surface area contributed by atoms with Crippen LogP contribution in [0.2, 0.25) is 5.02 Å². The van der Waals surface area contributed by atoms with Crippen molar-refractivity contribution >= 4 is 11.6 Å². The Morgan fingerprint density at radius 1 is 1.33 bits per heavy atom. The van der Waals surface area contributed by atoms with E-state index in [1.807, 2.05) is 0 Å². The van der Waals surface area contributed by atoms with Gasteiger partial charge in [-0.25, -0.2) is 0 Å². The summed E-state index contributed by atoms with van der Waals surface area (Å²) in [5.74, 6) is 0. The third-order valence-electron chi connectivity index (χ3n) is 3.06. The molecular formula is C12H14ClF3N2. The van der Waals surface area contributed by atoms with Crippen molar-refractivity contribution in [3.05, 3.63) is 34.9 Å². The van der Waals surface area contributed by atoms with Gasteiger partial charge in [-0.3, -0.25) is 4.90 Å². The highest BCUT2D eigenvalue weighted by Gasteiger charge is 2.44. The topological polar surface area (TPSA) is 15.3 Å². The van der Waals surface area contributed by atoms with Gasteiger partial charge in [-0.2, -0.15) is 13.2 Å². The van der Waals surface area contributed by atoms with Crippen LogP contribution in [0.25, 0.3) is 0 Å². The predicted octanol–water partition coefficient (Wildman–Crippen LogP) is 2.68. The van der Waals surface area contributed by atoms with Crippen LogP contribution in [0.15, 0.2) is 24.3 Å². The summed E-state index contributed by atoms with van der Waals surface area (Å²) in [4.78, 5) is 1.43. The average Bonchev–Trinajstić information content (AvgIpc) is 2.31. The summed E-state index contributed by atoms with van der Waals surface area (Å²) < 4.78 is 38.6. The Bertz CT molecular complexity index is 409. The van der Waals surface area contributed by atoms with Crippen LogP contribution < -0.4 is 5.32 Å². The fraction of sp³-hybridized carbons (Fsp3) is 0.500. The maximum atomic E-state index is 12.9. The molecule has 0 aromatic heterocycles. The quantitative estimate of drug-likeness (QED) is 0.895. The van der Waals surface area contributed by atoms with Crippen molar-refractivity contribution in [1.29, 1.82) is 0 Å². The lowest BCUT2D eigenvalue weighted by Gasteiger charge is -2.37. The van der Waals surface area contributed by atoms with Crippen molar-refractivity contribution in [3.63, 3.8) is 0 Å². The minimum atomic E-state index is -4.21. The molecule has 0 radical (unpaired) electrons. The van der Waals surface area contributed by atoms with Gasteiger partial charge in [0.05, 0.1) is 0 Å². The average molecular weight is 279 g/mol. The maximum Gasteiger partial charge on any atom is 0.405 e. The molecule has 2 nitrogen and oxygen atoms in total. The molecular weight excluding hydrogens is 265 g/mol. The summed E-state index contributed by atoms with van der Waals surface area (Å²) in [6.07, 6.45) is -4.21. The van der Waals surface area contributed by atoms with Crippen molar-refractivity contribution in [2.75, 3.05) is 19.6 Å². The third kappa shape index (κ3) is 3.16. The largest absolute Gasteiger partial charge is 0.405 e. The summed E-state index contributed by atoms with van der Waals surface area (Å²) in [6, 6.07) is 5.57. The first kappa shape index (κ1) is 13.6. The lowest BCUT2D eigenvalue weighted by atomic mass is 10.1. The van der Waals surface area contributed by atoms with Crippen molar-refractivity contribution in [1.82, 2.24) is 10.2 Å². The second kappa shape index (κ2) is 5.47. The number of nitrogens with one attached hydrogen (secondary N) is 1. The SMILES string of the molecule is FC(F)(F)C1CNCCN1Cc1ccccc1Cl. The highest BCUT2D eigenvalue weighted by Crippen LogP contribution is 2.28. The van der Waals surface area contributed by atoms with Crippen LogP contribution in [0.1, 0.15) is 5.56 Å². The highest BCUT2D eigenvalue weighted by atomic mass is 35.5. The number of rotatable bonds is 2. The standard InChI is InChI=1S/C12H14ClF3N2/c13-10-4-2-1-3-9(10)8-18-6-5-17-7-11(18)12(14,15)16/h1-4,11,17H,5-8H2. The van der Waals surface area contributed by atoms with E-state index in [0.717, 1.165) is 5.56 Å². The molecule has 1 aliphatic rings. The van der Waals surface area contributed by atoms with Gasteiger partial charge in [0.2, 0.25) is 0 Å². The molecule has 2 rings (SSSR count). The minimum Gasteiger partial charge on any atom is -0.314 e. The number of benzene rings is 1. The van der Waals surface area contributed by atoms with Crippen molar-refractivity contribution in [2.24, 2.45) is 0 Å². The third-order valence-corrected chi connectivity index (χ3v) is 3.43. The van der Waals surface area contributed by atoms with Gasteiger partial charge in [0.15, 0.2) is 0 Å². The van der Waals surface area contributed by atoms with E-state index in [4.69, 9.17) is 11.6 Å². The van der Waals surface area contributed by atoms with E-state index < -0.39 is 12.2 Å². The van der Waals surface area contributed by atoms with Crippen LogP contribution in [-0.2, 0) is 6.54 Å². The Morgan fingerprint density at radius 3 is 2.72 bits per heavy atom. The van der Waals surface area contributed by atoms with Crippen molar-refractivity contribution in [3.8, 4) is 0 Å². The van der Waals surface area contributed by atoms with Crippen LogP contribution in [-0.4, -0.2) is 36.8 Å². The molecule has 1 aliphatic heterocycles. The van der Waals surface area contributed by atoms with Crippen LogP contribution in [0.5, 0.6) is 0 Å². The van der Waals surface area contributed by atoms with Gasteiger partial charge in [-0.15, -0.1) is 0 Å². The Labute approximate surface area is 109 Å². The normalized spacial score (nSPS) is 22.1. The van der Waals surface area contributed by atoms with Gasteiger partial charge in [0.1, 0.15) is 6.04 Å². The predicted molar refractivity (Wildman–Crippen MR) is 64.6 cm³/mol. The van der Waals surface area contributed by atoms with E-state index >= 15 is 0 Å². The van der Waals surface area contributed by atoms with Crippen LogP contribution in [0, 0.1) is 0 Å². The van der Waals surface area contributed by atoms with Gasteiger partial charge < -0.3 is 5.32 Å². The number of piperazine rings is 1. The summed E-state index contributed by atoms with van der Waals surface area (Å²) >= 11 is 5.98. The zero-order chi connectivity index (χ0) is 13.2. The molecule has 1 N–H and O–H groups in total. The number of hydrogen-bond acceptors (Lipinski definition) is 2. The maximum absolute atomic E-state index is 12.9. The molecule has 1 heterocycles. The molecule has 1 atom stereocenters. The summed E-state index contributed by atoms with van der Waals surface area (Å²) in [5, 5.41) is 3.29. The molecule has 0 aliphatic carbocycles. The number of nitrogens with zero attached hydrogens (tertiary/aromatic N) is 1. The fourth-order valence-corrected chi connectivity index (χ4v) is 2.30.